The first-order valence-corrected chi connectivity index (χ1v) is 10.3. The van der Waals surface area contributed by atoms with Gasteiger partial charge in [-0.2, -0.15) is 5.10 Å². The predicted octanol–water partition coefficient (Wildman–Crippen LogP) is 2.36. The van der Waals surface area contributed by atoms with Crippen LogP contribution in [0, 0.1) is 0 Å². The maximum Gasteiger partial charge on any atom is 0.241 e. The second-order valence-corrected chi connectivity index (χ2v) is 7.52. The number of fused-ring (bicyclic) bond motifs is 1. The molecule has 1 aliphatic heterocycles. The fourth-order valence-electron chi connectivity index (χ4n) is 4.03. The van der Waals surface area contributed by atoms with E-state index in [9.17, 15) is 9.59 Å². The number of amides is 1. The lowest BCUT2D eigenvalue weighted by Gasteiger charge is -2.28. The highest BCUT2D eigenvalue weighted by Crippen LogP contribution is 2.26. The fourth-order valence-corrected chi connectivity index (χ4v) is 4.03. The molecule has 1 atom stereocenters. The molecule has 1 N–H and O–H groups in total. The number of benzene rings is 2. The molecule has 1 aliphatic rings. The third kappa shape index (κ3) is 4.36. The van der Waals surface area contributed by atoms with Crippen LogP contribution in [0.25, 0.3) is 10.9 Å². The van der Waals surface area contributed by atoms with Gasteiger partial charge in [-0.15, -0.1) is 0 Å². The number of hydrogen-bond acceptors (Lipinski definition) is 5. The van der Waals surface area contributed by atoms with Crippen LogP contribution in [0.4, 0.5) is 0 Å². The summed E-state index contributed by atoms with van der Waals surface area (Å²) in [6, 6.07) is 15.3. The molecular formula is C23H26N4O3. The molecule has 0 radical (unpaired) electrons. The minimum atomic E-state index is -0.143. The Hall–Kier alpha value is -3.19. The van der Waals surface area contributed by atoms with Gasteiger partial charge in [0.25, 0.3) is 0 Å². The largest absolute Gasteiger partial charge is 0.497 e. The van der Waals surface area contributed by atoms with Gasteiger partial charge >= 0.3 is 0 Å². The molecule has 1 aromatic heterocycles. The third-order valence-corrected chi connectivity index (χ3v) is 5.63. The Morgan fingerprint density at radius 2 is 1.87 bits per heavy atom. The molecule has 0 aliphatic carbocycles. The van der Waals surface area contributed by atoms with Gasteiger partial charge in [0.05, 0.1) is 24.9 Å². The molecule has 156 valence electrons. The van der Waals surface area contributed by atoms with Crippen molar-refractivity contribution in [3.8, 4) is 5.75 Å². The van der Waals surface area contributed by atoms with Crippen molar-refractivity contribution in [1.29, 1.82) is 0 Å². The monoisotopic (exact) mass is 406 g/mol. The minimum absolute atomic E-state index is 0.0656. The number of rotatable bonds is 7. The summed E-state index contributed by atoms with van der Waals surface area (Å²) in [5.41, 5.74) is 1.67. The number of methoxy groups -OCH3 is 1. The number of hydrogen-bond donors (Lipinski definition) is 1. The van der Waals surface area contributed by atoms with E-state index in [0.29, 0.717) is 17.4 Å². The van der Waals surface area contributed by atoms with E-state index in [1.807, 2.05) is 24.3 Å². The van der Waals surface area contributed by atoms with Gasteiger partial charge in [-0.05, 0) is 55.8 Å². The lowest BCUT2D eigenvalue weighted by molar-refractivity contribution is -0.122. The van der Waals surface area contributed by atoms with Crippen LogP contribution in [0.3, 0.4) is 0 Å². The Labute approximate surface area is 175 Å². The number of carbonyl (C=O) groups excluding carboxylic acids is 1. The second-order valence-electron chi connectivity index (χ2n) is 7.52. The highest BCUT2D eigenvalue weighted by Gasteiger charge is 2.24. The smallest absolute Gasteiger partial charge is 0.241 e. The molecule has 2 heterocycles. The molecule has 2 aromatic carbocycles. The normalized spacial score (nSPS) is 15.2. The minimum Gasteiger partial charge on any atom is -0.497 e. The maximum atomic E-state index is 12.7. The molecule has 7 heteroatoms. The topological polar surface area (TPSA) is 76.5 Å². The van der Waals surface area contributed by atoms with Crippen LogP contribution in [-0.4, -0.2) is 47.3 Å². The summed E-state index contributed by atoms with van der Waals surface area (Å²) in [6.07, 6.45) is 3.61. The van der Waals surface area contributed by atoms with Crippen molar-refractivity contribution in [3.05, 3.63) is 70.5 Å². The molecular weight excluding hydrogens is 380 g/mol. The number of nitrogens with one attached hydrogen (secondary N) is 1. The average Bonchev–Trinajstić information content (AvgIpc) is 3.31. The summed E-state index contributed by atoms with van der Waals surface area (Å²) in [5, 5.41) is 7.77. The van der Waals surface area contributed by atoms with Gasteiger partial charge in [0.15, 0.2) is 0 Å². The van der Waals surface area contributed by atoms with Crippen LogP contribution in [0.1, 0.15) is 24.4 Å². The van der Waals surface area contributed by atoms with Crippen molar-refractivity contribution in [2.75, 3.05) is 26.7 Å². The van der Waals surface area contributed by atoms with Gasteiger partial charge in [0.2, 0.25) is 11.3 Å². The number of aromatic nitrogens is 2. The van der Waals surface area contributed by atoms with E-state index in [0.717, 1.165) is 24.4 Å². The number of para-hydroxylation sites is 1. The van der Waals surface area contributed by atoms with Crippen LogP contribution in [0.15, 0.2) is 59.5 Å². The molecule has 0 saturated carbocycles. The van der Waals surface area contributed by atoms with Gasteiger partial charge in [-0.1, -0.05) is 24.3 Å². The summed E-state index contributed by atoms with van der Waals surface area (Å²) in [6.45, 7) is 2.64. The third-order valence-electron chi connectivity index (χ3n) is 5.63. The van der Waals surface area contributed by atoms with Gasteiger partial charge in [0, 0.05) is 11.9 Å². The van der Waals surface area contributed by atoms with E-state index in [2.05, 4.69) is 27.4 Å². The van der Waals surface area contributed by atoms with E-state index in [1.54, 1.807) is 23.9 Å². The van der Waals surface area contributed by atoms with Crippen molar-refractivity contribution >= 4 is 16.8 Å². The first-order chi connectivity index (χ1) is 14.7. The zero-order valence-corrected chi connectivity index (χ0v) is 17.1. The molecule has 1 amide bonds. The summed E-state index contributed by atoms with van der Waals surface area (Å²) in [4.78, 5) is 27.1. The number of nitrogens with zero attached hydrogens (tertiary/aromatic N) is 3. The van der Waals surface area contributed by atoms with Crippen LogP contribution in [0.5, 0.6) is 5.75 Å². The Kier molecular flexibility index (Phi) is 6.09. The second kappa shape index (κ2) is 9.09. The van der Waals surface area contributed by atoms with Gasteiger partial charge in [-0.25, -0.2) is 0 Å². The van der Waals surface area contributed by atoms with E-state index in [4.69, 9.17) is 4.74 Å². The molecule has 7 nitrogen and oxygen atoms in total. The predicted molar refractivity (Wildman–Crippen MR) is 116 cm³/mol. The molecule has 1 fully saturated rings. The SMILES string of the molecule is COc1ccc([C@H](CNC(=O)Cn2ncc(=O)c3ccccc32)N2CCCC2)cc1. The van der Waals surface area contributed by atoms with Crippen molar-refractivity contribution in [1.82, 2.24) is 20.0 Å². The zero-order valence-electron chi connectivity index (χ0n) is 17.1. The molecule has 30 heavy (non-hydrogen) atoms. The summed E-state index contributed by atoms with van der Waals surface area (Å²) in [7, 11) is 1.65. The van der Waals surface area contributed by atoms with Gasteiger partial charge in [-0.3, -0.25) is 19.2 Å². The Bertz CT molecular complexity index is 1070. The quantitative estimate of drug-likeness (QED) is 0.652. The summed E-state index contributed by atoms with van der Waals surface area (Å²) >= 11 is 0. The van der Waals surface area contributed by atoms with E-state index in [-0.39, 0.29) is 23.9 Å². The van der Waals surface area contributed by atoms with E-state index in [1.165, 1.54) is 19.0 Å². The molecule has 0 spiro atoms. The van der Waals surface area contributed by atoms with Gasteiger partial charge in [0.1, 0.15) is 12.3 Å². The Morgan fingerprint density at radius 3 is 2.60 bits per heavy atom. The first kappa shape index (κ1) is 20.1. The Balaban J connectivity index is 1.47. The van der Waals surface area contributed by atoms with Gasteiger partial charge < -0.3 is 10.1 Å². The van der Waals surface area contributed by atoms with Crippen molar-refractivity contribution < 1.29 is 9.53 Å². The molecule has 4 rings (SSSR count). The average molecular weight is 406 g/mol. The Morgan fingerprint density at radius 1 is 1.13 bits per heavy atom. The maximum absolute atomic E-state index is 12.7. The van der Waals surface area contributed by atoms with Crippen LogP contribution >= 0.6 is 0 Å². The van der Waals surface area contributed by atoms with Crippen LogP contribution in [-0.2, 0) is 11.3 Å². The van der Waals surface area contributed by atoms with Crippen molar-refractivity contribution in [3.63, 3.8) is 0 Å². The molecule has 0 unspecified atom stereocenters. The number of ether oxygens (including phenoxy) is 1. The first-order valence-electron chi connectivity index (χ1n) is 10.3. The number of carbonyl (C=O) groups is 1. The number of likely N-dealkylation sites (tertiary alicyclic amines) is 1. The zero-order chi connectivity index (χ0) is 20.9. The van der Waals surface area contributed by atoms with Crippen molar-refractivity contribution in [2.24, 2.45) is 0 Å². The summed E-state index contributed by atoms with van der Waals surface area (Å²) < 4.78 is 6.84. The lowest BCUT2D eigenvalue weighted by Crippen LogP contribution is -2.38. The van der Waals surface area contributed by atoms with Crippen molar-refractivity contribution in [2.45, 2.75) is 25.4 Å². The molecule has 1 saturated heterocycles. The summed E-state index contributed by atoms with van der Waals surface area (Å²) in [5.74, 6) is 0.688. The van der Waals surface area contributed by atoms with E-state index >= 15 is 0 Å². The highest BCUT2D eigenvalue weighted by molar-refractivity contribution is 5.81. The fraction of sp³-hybridized carbons (Fsp3) is 0.348. The highest BCUT2D eigenvalue weighted by atomic mass is 16.5. The molecule has 3 aromatic rings. The van der Waals surface area contributed by atoms with E-state index < -0.39 is 0 Å². The lowest BCUT2D eigenvalue weighted by atomic mass is 10.1. The van der Waals surface area contributed by atoms with Crippen LogP contribution < -0.4 is 15.5 Å². The van der Waals surface area contributed by atoms with Crippen LogP contribution in [0.2, 0.25) is 0 Å². The standard InChI is InChI=1S/C23H26N4O3/c1-30-18-10-8-17(9-11-18)21(26-12-4-5-13-26)14-24-23(29)16-27-20-7-3-2-6-19(20)22(28)15-25-27/h2-3,6-11,15,21H,4-5,12-14,16H2,1H3,(H,24,29)/t21-/m0/s1. The molecule has 0 bridgehead atoms.